The molecule has 1 unspecified atom stereocenters. The number of ether oxygens (including phenoxy) is 1. The van der Waals surface area contributed by atoms with Crippen LogP contribution in [-0.2, 0) is 15.7 Å². The van der Waals surface area contributed by atoms with Crippen molar-refractivity contribution in [1.29, 1.82) is 0 Å². The average molecular weight is 399 g/mol. The molecule has 3 rings (SSSR count). The zero-order chi connectivity index (χ0) is 20.7. The number of anilines is 1. The Hall–Kier alpha value is -2.32. The van der Waals surface area contributed by atoms with Crippen molar-refractivity contribution in [3.05, 3.63) is 23.9 Å². The van der Waals surface area contributed by atoms with Gasteiger partial charge in [0.05, 0.1) is 5.56 Å². The minimum atomic E-state index is -4.46. The van der Waals surface area contributed by atoms with Crippen molar-refractivity contribution < 1.29 is 27.5 Å². The van der Waals surface area contributed by atoms with Crippen LogP contribution < -0.4 is 4.90 Å². The highest BCUT2D eigenvalue weighted by atomic mass is 19.4. The molecule has 2 fully saturated rings. The molecule has 0 aromatic carbocycles. The molecule has 2 aliphatic heterocycles. The number of nitrogens with zero attached hydrogens (tertiary/aromatic N) is 3. The highest BCUT2D eigenvalue weighted by Gasteiger charge is 2.46. The zero-order valence-corrected chi connectivity index (χ0v) is 16.2. The summed E-state index contributed by atoms with van der Waals surface area (Å²) in [6.45, 7) is 6.74. The Balaban J connectivity index is 1.64. The van der Waals surface area contributed by atoms with Crippen LogP contribution in [0.5, 0.6) is 0 Å². The maximum atomic E-state index is 12.7. The van der Waals surface area contributed by atoms with Gasteiger partial charge < -0.3 is 9.64 Å². The van der Waals surface area contributed by atoms with Gasteiger partial charge in [0.1, 0.15) is 11.4 Å². The quantitative estimate of drug-likeness (QED) is 0.720. The van der Waals surface area contributed by atoms with Gasteiger partial charge in [0, 0.05) is 37.7 Å². The Kier molecular flexibility index (Phi) is 5.05. The van der Waals surface area contributed by atoms with Crippen LogP contribution in [0.3, 0.4) is 0 Å². The normalized spacial score (nSPS) is 23.4. The molecule has 0 radical (unpaired) electrons. The molecule has 1 aromatic rings. The molecule has 2 amide bonds. The van der Waals surface area contributed by atoms with E-state index in [1.807, 2.05) is 0 Å². The molecule has 1 spiro atoms. The fourth-order valence-corrected chi connectivity index (χ4v) is 3.70. The summed E-state index contributed by atoms with van der Waals surface area (Å²) in [7, 11) is 0. The summed E-state index contributed by atoms with van der Waals surface area (Å²) in [6.07, 6.45) is -2.52. The predicted octanol–water partition coefficient (Wildman–Crippen LogP) is 3.85. The van der Waals surface area contributed by atoms with Crippen LogP contribution in [0.2, 0.25) is 0 Å². The first kappa shape index (κ1) is 20.4. The predicted molar refractivity (Wildman–Crippen MR) is 95.7 cm³/mol. The van der Waals surface area contributed by atoms with E-state index in [0.717, 1.165) is 12.3 Å². The van der Waals surface area contributed by atoms with E-state index < -0.39 is 17.3 Å². The summed E-state index contributed by atoms with van der Waals surface area (Å²) in [6, 6.07) is 2.15. The molecule has 2 saturated heterocycles. The highest BCUT2D eigenvalue weighted by Crippen LogP contribution is 2.42. The maximum absolute atomic E-state index is 12.7. The van der Waals surface area contributed by atoms with Gasteiger partial charge in [0.25, 0.3) is 0 Å². The fraction of sp³-hybridized carbons (Fsp3) is 0.632. The van der Waals surface area contributed by atoms with E-state index in [1.54, 1.807) is 25.7 Å². The summed E-state index contributed by atoms with van der Waals surface area (Å²) >= 11 is 0. The number of hydrogen-bond acceptors (Lipinski definition) is 4. The van der Waals surface area contributed by atoms with Gasteiger partial charge in [-0.15, -0.1) is 0 Å². The number of hydrogen-bond donors (Lipinski definition) is 0. The molecule has 0 bridgehead atoms. The van der Waals surface area contributed by atoms with Crippen LogP contribution >= 0.6 is 0 Å². The van der Waals surface area contributed by atoms with E-state index >= 15 is 0 Å². The van der Waals surface area contributed by atoms with Crippen molar-refractivity contribution in [3.63, 3.8) is 0 Å². The molecule has 0 N–H and O–H groups in total. The van der Waals surface area contributed by atoms with Gasteiger partial charge in [-0.2, -0.15) is 13.2 Å². The Labute approximate surface area is 161 Å². The number of amides is 2. The van der Waals surface area contributed by atoms with Crippen molar-refractivity contribution in [2.75, 3.05) is 24.5 Å². The first-order chi connectivity index (χ1) is 12.9. The maximum Gasteiger partial charge on any atom is 0.417 e. The van der Waals surface area contributed by atoms with E-state index in [0.29, 0.717) is 32.5 Å². The molecule has 28 heavy (non-hydrogen) atoms. The molecule has 2 aliphatic rings. The number of carbonyl (C=O) groups excluding carboxylic acids is 2. The Morgan fingerprint density at radius 2 is 1.86 bits per heavy atom. The summed E-state index contributed by atoms with van der Waals surface area (Å²) < 4.78 is 43.4. The Morgan fingerprint density at radius 1 is 1.18 bits per heavy atom. The number of likely N-dealkylation sites (tertiary alicyclic amines) is 1. The Morgan fingerprint density at radius 3 is 2.39 bits per heavy atom. The standard InChI is InChI=1S/C19H24F3N3O3/c1-17(2,3)28-16(27)24-8-6-18(12-24)7-9-25(15(26)10-18)14-5-4-13(11-23-14)19(20,21)22/h4-5,11H,6-10,12H2,1-3H3. The number of piperidine rings is 1. The fourth-order valence-electron chi connectivity index (χ4n) is 3.70. The molecule has 9 heteroatoms. The molecule has 1 aromatic heterocycles. The molecule has 0 saturated carbocycles. The Bertz CT molecular complexity index is 758. The molecule has 0 aliphatic carbocycles. The lowest BCUT2D eigenvalue weighted by molar-refractivity contribution is -0.137. The van der Waals surface area contributed by atoms with E-state index in [9.17, 15) is 22.8 Å². The molecule has 1 atom stereocenters. The topological polar surface area (TPSA) is 62.7 Å². The minimum absolute atomic E-state index is 0.190. The minimum Gasteiger partial charge on any atom is -0.444 e. The van der Waals surface area contributed by atoms with E-state index in [4.69, 9.17) is 4.74 Å². The van der Waals surface area contributed by atoms with Crippen LogP contribution in [0.25, 0.3) is 0 Å². The van der Waals surface area contributed by atoms with E-state index in [-0.39, 0.29) is 29.7 Å². The number of pyridine rings is 1. The van der Waals surface area contributed by atoms with Gasteiger partial charge in [-0.25, -0.2) is 9.78 Å². The van der Waals surface area contributed by atoms with E-state index in [2.05, 4.69) is 4.98 Å². The van der Waals surface area contributed by atoms with Crippen molar-refractivity contribution in [2.24, 2.45) is 5.41 Å². The first-order valence-electron chi connectivity index (χ1n) is 9.20. The lowest BCUT2D eigenvalue weighted by atomic mass is 9.77. The number of aromatic nitrogens is 1. The van der Waals surface area contributed by atoms with Gasteiger partial charge in [-0.3, -0.25) is 9.69 Å². The second-order valence-electron chi connectivity index (χ2n) is 8.53. The smallest absolute Gasteiger partial charge is 0.417 e. The number of alkyl halides is 3. The van der Waals surface area contributed by atoms with Crippen LogP contribution in [0, 0.1) is 5.41 Å². The van der Waals surface area contributed by atoms with Gasteiger partial charge in [0.2, 0.25) is 5.91 Å². The third-order valence-corrected chi connectivity index (χ3v) is 5.13. The van der Waals surface area contributed by atoms with Crippen LogP contribution in [0.15, 0.2) is 18.3 Å². The zero-order valence-electron chi connectivity index (χ0n) is 16.2. The van der Waals surface area contributed by atoms with Crippen molar-refractivity contribution in [2.45, 2.75) is 51.8 Å². The molecular weight excluding hydrogens is 375 g/mol. The summed E-state index contributed by atoms with van der Waals surface area (Å²) in [4.78, 5) is 31.8. The second-order valence-corrected chi connectivity index (χ2v) is 8.53. The number of rotatable bonds is 1. The average Bonchev–Trinajstić information content (AvgIpc) is 2.96. The largest absolute Gasteiger partial charge is 0.444 e. The van der Waals surface area contributed by atoms with Crippen LogP contribution in [-0.4, -0.2) is 47.1 Å². The highest BCUT2D eigenvalue weighted by molar-refractivity contribution is 5.93. The van der Waals surface area contributed by atoms with E-state index in [1.165, 1.54) is 11.0 Å². The van der Waals surface area contributed by atoms with Gasteiger partial charge in [-0.1, -0.05) is 0 Å². The lowest BCUT2D eigenvalue weighted by Crippen LogP contribution is -2.46. The molecule has 3 heterocycles. The third-order valence-electron chi connectivity index (χ3n) is 5.13. The number of carbonyl (C=O) groups is 2. The van der Waals surface area contributed by atoms with Crippen LogP contribution in [0.1, 0.15) is 45.6 Å². The summed E-state index contributed by atoms with van der Waals surface area (Å²) in [5, 5.41) is 0. The molecule has 6 nitrogen and oxygen atoms in total. The van der Waals surface area contributed by atoms with Gasteiger partial charge in [-0.05, 0) is 45.7 Å². The number of halogens is 3. The monoisotopic (exact) mass is 399 g/mol. The third kappa shape index (κ3) is 4.39. The van der Waals surface area contributed by atoms with Crippen molar-refractivity contribution >= 4 is 17.8 Å². The van der Waals surface area contributed by atoms with Gasteiger partial charge in [0.15, 0.2) is 0 Å². The summed E-state index contributed by atoms with van der Waals surface area (Å²) in [5.41, 5.74) is -1.74. The molecule has 154 valence electrons. The summed E-state index contributed by atoms with van der Waals surface area (Å²) in [5.74, 6) is 0.0272. The first-order valence-corrected chi connectivity index (χ1v) is 9.20. The van der Waals surface area contributed by atoms with Crippen LogP contribution in [0.4, 0.5) is 23.8 Å². The lowest BCUT2D eigenvalue weighted by Gasteiger charge is -2.38. The second kappa shape index (κ2) is 6.93. The van der Waals surface area contributed by atoms with Crippen molar-refractivity contribution in [1.82, 2.24) is 9.88 Å². The molecular formula is C19H24F3N3O3. The van der Waals surface area contributed by atoms with Gasteiger partial charge >= 0.3 is 12.3 Å². The SMILES string of the molecule is CC(C)(C)OC(=O)N1CCC2(CCN(c3ccc(C(F)(F)F)cn3)C(=O)C2)C1. The van der Waals surface area contributed by atoms with Crippen molar-refractivity contribution in [3.8, 4) is 0 Å².